The standard InChI is InChI=1S/C24H24N2O5/c1-3-4-12-26-22(28)18-10-9-17(14-19(18)23(26)29)24(30)31-15(2)21(27)25-13-11-16-7-5-6-8-20(16)25/h5-10,14-15H,3-4,11-13H2,1-2H3/t15-/m0/s1. The van der Waals surface area contributed by atoms with Gasteiger partial charge >= 0.3 is 5.97 Å². The summed E-state index contributed by atoms with van der Waals surface area (Å²) < 4.78 is 5.40. The molecular weight excluding hydrogens is 396 g/mol. The van der Waals surface area contributed by atoms with E-state index in [-0.39, 0.29) is 28.5 Å². The molecule has 1 atom stereocenters. The predicted molar refractivity (Wildman–Crippen MR) is 114 cm³/mol. The molecule has 2 aliphatic heterocycles. The van der Waals surface area contributed by atoms with Gasteiger partial charge in [0, 0.05) is 18.8 Å². The fraction of sp³-hybridized carbons (Fsp3) is 0.333. The lowest BCUT2D eigenvalue weighted by Crippen LogP contribution is -2.39. The van der Waals surface area contributed by atoms with E-state index >= 15 is 0 Å². The Kier molecular flexibility index (Phi) is 5.59. The molecule has 2 aromatic rings. The summed E-state index contributed by atoms with van der Waals surface area (Å²) in [5.41, 5.74) is 2.55. The SMILES string of the molecule is CCCCN1C(=O)c2ccc(C(=O)O[C@@H](C)C(=O)N3CCc4ccccc43)cc2C1=O. The molecule has 160 valence electrons. The van der Waals surface area contributed by atoms with Crippen LogP contribution in [-0.2, 0) is 16.0 Å². The van der Waals surface area contributed by atoms with E-state index in [1.54, 1.807) is 4.90 Å². The zero-order valence-corrected chi connectivity index (χ0v) is 17.6. The van der Waals surface area contributed by atoms with Crippen LogP contribution in [0.25, 0.3) is 0 Å². The van der Waals surface area contributed by atoms with Crippen LogP contribution in [-0.4, -0.2) is 47.8 Å². The molecular formula is C24H24N2O5. The van der Waals surface area contributed by atoms with Crippen molar-refractivity contribution in [2.45, 2.75) is 39.2 Å². The van der Waals surface area contributed by atoms with Crippen LogP contribution < -0.4 is 4.90 Å². The van der Waals surface area contributed by atoms with E-state index in [9.17, 15) is 19.2 Å². The summed E-state index contributed by atoms with van der Waals surface area (Å²) in [6.07, 6.45) is 1.36. The summed E-state index contributed by atoms with van der Waals surface area (Å²) in [5, 5.41) is 0. The lowest BCUT2D eigenvalue weighted by molar-refractivity contribution is -0.126. The normalized spacial score (nSPS) is 15.7. The molecule has 2 aromatic carbocycles. The number of imide groups is 1. The predicted octanol–water partition coefficient (Wildman–Crippen LogP) is 3.22. The van der Waals surface area contributed by atoms with E-state index < -0.39 is 18.0 Å². The van der Waals surface area contributed by atoms with Gasteiger partial charge in [0.15, 0.2) is 6.10 Å². The summed E-state index contributed by atoms with van der Waals surface area (Å²) in [5.74, 6) is -1.75. The Morgan fingerprint density at radius 2 is 1.81 bits per heavy atom. The number of hydrogen-bond acceptors (Lipinski definition) is 5. The number of amides is 3. The second-order valence-electron chi connectivity index (χ2n) is 7.79. The highest BCUT2D eigenvalue weighted by atomic mass is 16.5. The third-order valence-corrected chi connectivity index (χ3v) is 5.73. The smallest absolute Gasteiger partial charge is 0.338 e. The quantitative estimate of drug-likeness (QED) is 0.529. The zero-order chi connectivity index (χ0) is 22.1. The molecule has 3 amide bonds. The average molecular weight is 420 g/mol. The molecule has 0 radical (unpaired) electrons. The van der Waals surface area contributed by atoms with Gasteiger partial charge in [-0.05, 0) is 49.6 Å². The van der Waals surface area contributed by atoms with Crippen LogP contribution in [0.3, 0.4) is 0 Å². The Labute approximate surface area is 180 Å². The van der Waals surface area contributed by atoms with Crippen molar-refractivity contribution >= 4 is 29.4 Å². The molecule has 0 fully saturated rings. The van der Waals surface area contributed by atoms with Crippen LogP contribution in [0.2, 0.25) is 0 Å². The molecule has 0 N–H and O–H groups in total. The number of rotatable bonds is 6. The van der Waals surface area contributed by atoms with Crippen molar-refractivity contribution in [2.24, 2.45) is 0 Å². The maximum absolute atomic E-state index is 12.8. The summed E-state index contributed by atoms with van der Waals surface area (Å²) in [6.45, 7) is 4.42. The fourth-order valence-electron chi connectivity index (χ4n) is 4.00. The zero-order valence-electron chi connectivity index (χ0n) is 17.6. The van der Waals surface area contributed by atoms with Gasteiger partial charge in [-0.1, -0.05) is 31.5 Å². The monoisotopic (exact) mass is 420 g/mol. The highest BCUT2D eigenvalue weighted by molar-refractivity contribution is 6.22. The fourth-order valence-corrected chi connectivity index (χ4v) is 4.00. The minimum absolute atomic E-state index is 0.138. The summed E-state index contributed by atoms with van der Waals surface area (Å²) in [6, 6.07) is 12.0. The second kappa shape index (κ2) is 8.34. The van der Waals surface area contributed by atoms with Crippen molar-refractivity contribution in [1.82, 2.24) is 4.90 Å². The van der Waals surface area contributed by atoms with Gasteiger partial charge in [-0.15, -0.1) is 0 Å². The lowest BCUT2D eigenvalue weighted by atomic mass is 10.1. The van der Waals surface area contributed by atoms with E-state index in [1.165, 1.54) is 30.0 Å². The van der Waals surface area contributed by atoms with Crippen molar-refractivity contribution in [1.29, 1.82) is 0 Å². The van der Waals surface area contributed by atoms with Gasteiger partial charge in [-0.2, -0.15) is 0 Å². The van der Waals surface area contributed by atoms with E-state index in [0.29, 0.717) is 13.1 Å². The van der Waals surface area contributed by atoms with Crippen molar-refractivity contribution < 1.29 is 23.9 Å². The third-order valence-electron chi connectivity index (χ3n) is 5.73. The van der Waals surface area contributed by atoms with Crippen molar-refractivity contribution in [2.75, 3.05) is 18.0 Å². The Morgan fingerprint density at radius 3 is 2.58 bits per heavy atom. The van der Waals surface area contributed by atoms with Gasteiger partial charge in [0.25, 0.3) is 17.7 Å². The van der Waals surface area contributed by atoms with Crippen LogP contribution in [0.5, 0.6) is 0 Å². The van der Waals surface area contributed by atoms with Gasteiger partial charge in [-0.25, -0.2) is 4.79 Å². The van der Waals surface area contributed by atoms with E-state index in [2.05, 4.69) is 0 Å². The molecule has 0 bridgehead atoms. The molecule has 4 rings (SSSR count). The molecule has 0 saturated carbocycles. The minimum Gasteiger partial charge on any atom is -0.449 e. The number of ether oxygens (including phenoxy) is 1. The van der Waals surface area contributed by atoms with Crippen molar-refractivity contribution in [3.63, 3.8) is 0 Å². The summed E-state index contributed by atoms with van der Waals surface area (Å²) in [7, 11) is 0. The Morgan fingerprint density at radius 1 is 1.06 bits per heavy atom. The molecule has 0 saturated heterocycles. The number of fused-ring (bicyclic) bond motifs is 2. The number of unbranched alkanes of at least 4 members (excludes halogenated alkanes) is 1. The van der Waals surface area contributed by atoms with Gasteiger partial charge in [-0.3, -0.25) is 19.3 Å². The van der Waals surface area contributed by atoms with E-state index in [1.807, 2.05) is 31.2 Å². The molecule has 0 aliphatic carbocycles. The van der Waals surface area contributed by atoms with Crippen LogP contribution in [0.4, 0.5) is 5.69 Å². The largest absolute Gasteiger partial charge is 0.449 e. The molecule has 0 aromatic heterocycles. The van der Waals surface area contributed by atoms with Crippen molar-refractivity contribution in [3.8, 4) is 0 Å². The van der Waals surface area contributed by atoms with E-state index in [0.717, 1.165) is 30.5 Å². The molecule has 31 heavy (non-hydrogen) atoms. The maximum atomic E-state index is 12.8. The molecule has 7 heteroatoms. The molecule has 7 nitrogen and oxygen atoms in total. The van der Waals surface area contributed by atoms with Crippen LogP contribution in [0.1, 0.15) is 63.3 Å². The van der Waals surface area contributed by atoms with Crippen LogP contribution in [0, 0.1) is 0 Å². The first-order valence-corrected chi connectivity index (χ1v) is 10.5. The Hall–Kier alpha value is -3.48. The number of esters is 1. The topological polar surface area (TPSA) is 84.0 Å². The number of carbonyl (C=O) groups is 4. The number of nitrogens with zero attached hydrogens (tertiary/aromatic N) is 2. The Balaban J connectivity index is 1.47. The van der Waals surface area contributed by atoms with Gasteiger partial charge in [0.05, 0.1) is 16.7 Å². The van der Waals surface area contributed by atoms with Crippen LogP contribution >= 0.6 is 0 Å². The maximum Gasteiger partial charge on any atom is 0.338 e. The lowest BCUT2D eigenvalue weighted by Gasteiger charge is -2.21. The first kappa shape index (κ1) is 20.8. The third kappa shape index (κ3) is 3.71. The molecule has 0 unspecified atom stereocenters. The number of anilines is 1. The highest BCUT2D eigenvalue weighted by Crippen LogP contribution is 2.29. The average Bonchev–Trinajstić information content (AvgIpc) is 3.31. The highest BCUT2D eigenvalue weighted by Gasteiger charge is 2.36. The first-order chi connectivity index (χ1) is 14.9. The van der Waals surface area contributed by atoms with E-state index in [4.69, 9.17) is 4.74 Å². The molecule has 2 heterocycles. The minimum atomic E-state index is -0.981. The van der Waals surface area contributed by atoms with Gasteiger partial charge in [0.2, 0.25) is 0 Å². The molecule has 0 spiro atoms. The van der Waals surface area contributed by atoms with Crippen molar-refractivity contribution in [3.05, 3.63) is 64.7 Å². The van der Waals surface area contributed by atoms with Crippen LogP contribution in [0.15, 0.2) is 42.5 Å². The summed E-state index contributed by atoms with van der Waals surface area (Å²) in [4.78, 5) is 53.4. The number of hydrogen-bond donors (Lipinski definition) is 0. The number of carbonyl (C=O) groups excluding carboxylic acids is 4. The van der Waals surface area contributed by atoms with Gasteiger partial charge < -0.3 is 9.64 Å². The number of benzene rings is 2. The van der Waals surface area contributed by atoms with Gasteiger partial charge in [0.1, 0.15) is 0 Å². The molecule has 2 aliphatic rings. The second-order valence-corrected chi connectivity index (χ2v) is 7.79. The summed E-state index contributed by atoms with van der Waals surface area (Å²) >= 11 is 0. The number of para-hydroxylation sites is 1. The Bertz CT molecular complexity index is 1080. The first-order valence-electron chi connectivity index (χ1n) is 10.5.